The standard InChI is InChI=1S/C29H32N4O2/c1-5-17-32(29(35)30-19-23-11-7-6-8-12-23)22(4)27-31-25-14-10-9-13-24(25)28(34)33(27)26-18-20(2)15-16-21(26)3/h6-16,18,22H,5,17,19H2,1-4H3,(H,30,35). The molecule has 0 spiro atoms. The van der Waals surface area contributed by atoms with Crippen molar-refractivity contribution in [3.8, 4) is 5.69 Å². The lowest BCUT2D eigenvalue weighted by atomic mass is 10.1. The molecule has 0 radical (unpaired) electrons. The number of para-hydroxylation sites is 1. The van der Waals surface area contributed by atoms with Crippen LogP contribution in [-0.4, -0.2) is 27.0 Å². The van der Waals surface area contributed by atoms with Crippen LogP contribution in [0.1, 0.15) is 48.8 Å². The predicted molar refractivity (Wildman–Crippen MR) is 141 cm³/mol. The smallest absolute Gasteiger partial charge is 0.318 e. The molecule has 1 atom stereocenters. The van der Waals surface area contributed by atoms with E-state index in [-0.39, 0.29) is 11.6 Å². The van der Waals surface area contributed by atoms with E-state index in [4.69, 9.17) is 4.98 Å². The van der Waals surface area contributed by atoms with E-state index in [1.165, 1.54) is 0 Å². The summed E-state index contributed by atoms with van der Waals surface area (Å²) >= 11 is 0. The first-order valence-electron chi connectivity index (χ1n) is 12.1. The Morgan fingerprint density at radius 1 is 1.03 bits per heavy atom. The summed E-state index contributed by atoms with van der Waals surface area (Å²) in [5, 5.41) is 3.59. The zero-order valence-corrected chi connectivity index (χ0v) is 20.8. The molecule has 0 aliphatic carbocycles. The van der Waals surface area contributed by atoms with E-state index in [1.54, 1.807) is 15.5 Å². The maximum atomic E-state index is 13.8. The minimum absolute atomic E-state index is 0.132. The molecule has 6 nitrogen and oxygen atoms in total. The molecule has 4 rings (SSSR count). The molecule has 35 heavy (non-hydrogen) atoms. The molecule has 0 fully saturated rings. The highest BCUT2D eigenvalue weighted by Gasteiger charge is 2.26. The van der Waals surface area contributed by atoms with Gasteiger partial charge in [0.05, 0.1) is 22.6 Å². The van der Waals surface area contributed by atoms with Crippen molar-refractivity contribution in [1.82, 2.24) is 19.8 Å². The van der Waals surface area contributed by atoms with Gasteiger partial charge in [-0.25, -0.2) is 9.78 Å². The summed E-state index contributed by atoms with van der Waals surface area (Å²) in [5.41, 5.74) is 4.33. The fourth-order valence-electron chi connectivity index (χ4n) is 4.35. The SMILES string of the molecule is CCCN(C(=O)NCc1ccccc1)C(C)c1nc2ccccc2c(=O)n1-c1cc(C)ccc1C. The van der Waals surface area contributed by atoms with Gasteiger partial charge in [-0.15, -0.1) is 0 Å². The van der Waals surface area contributed by atoms with Crippen molar-refractivity contribution in [3.05, 3.63) is 106 Å². The summed E-state index contributed by atoms with van der Waals surface area (Å²) in [6.07, 6.45) is 0.782. The molecule has 1 N–H and O–H groups in total. The number of carbonyl (C=O) groups is 1. The van der Waals surface area contributed by atoms with Crippen LogP contribution in [0.3, 0.4) is 0 Å². The molecule has 6 heteroatoms. The third kappa shape index (κ3) is 5.11. The molecule has 0 aliphatic heterocycles. The van der Waals surface area contributed by atoms with Crippen LogP contribution in [-0.2, 0) is 6.54 Å². The maximum Gasteiger partial charge on any atom is 0.318 e. The zero-order chi connectivity index (χ0) is 24.9. The van der Waals surface area contributed by atoms with Crippen LogP contribution in [0.4, 0.5) is 4.79 Å². The van der Waals surface area contributed by atoms with Gasteiger partial charge in [0, 0.05) is 13.1 Å². The Kier molecular flexibility index (Phi) is 7.30. The summed E-state index contributed by atoms with van der Waals surface area (Å²) in [7, 11) is 0. The second-order valence-electron chi connectivity index (χ2n) is 8.93. The van der Waals surface area contributed by atoms with Crippen molar-refractivity contribution in [2.24, 2.45) is 0 Å². The molecule has 3 aromatic carbocycles. The summed E-state index contributed by atoms with van der Waals surface area (Å²) in [6.45, 7) is 8.94. The van der Waals surface area contributed by atoms with Crippen molar-refractivity contribution in [3.63, 3.8) is 0 Å². The van der Waals surface area contributed by atoms with E-state index in [1.807, 2.05) is 94.4 Å². The summed E-state index contributed by atoms with van der Waals surface area (Å²) < 4.78 is 1.68. The number of aryl methyl sites for hydroxylation is 2. The fourth-order valence-corrected chi connectivity index (χ4v) is 4.35. The van der Waals surface area contributed by atoms with Gasteiger partial charge < -0.3 is 10.2 Å². The van der Waals surface area contributed by atoms with E-state index in [2.05, 4.69) is 5.32 Å². The van der Waals surface area contributed by atoms with Crippen LogP contribution in [0, 0.1) is 13.8 Å². The van der Waals surface area contributed by atoms with Gasteiger partial charge in [-0.3, -0.25) is 9.36 Å². The summed E-state index contributed by atoms with van der Waals surface area (Å²) in [4.78, 5) is 33.8. The Balaban J connectivity index is 1.80. The number of nitrogens with one attached hydrogen (secondary N) is 1. The lowest BCUT2D eigenvalue weighted by Crippen LogP contribution is -2.43. The van der Waals surface area contributed by atoms with Crippen LogP contribution in [0.25, 0.3) is 16.6 Å². The number of urea groups is 1. The van der Waals surface area contributed by atoms with E-state index in [9.17, 15) is 9.59 Å². The van der Waals surface area contributed by atoms with Gasteiger partial charge >= 0.3 is 6.03 Å². The molecule has 2 amide bonds. The summed E-state index contributed by atoms with van der Waals surface area (Å²) in [5.74, 6) is 0.547. The second-order valence-corrected chi connectivity index (χ2v) is 8.93. The lowest BCUT2D eigenvalue weighted by Gasteiger charge is -2.30. The number of nitrogens with zero attached hydrogens (tertiary/aromatic N) is 3. The van der Waals surface area contributed by atoms with Gasteiger partial charge in [-0.2, -0.15) is 0 Å². The molecular weight excluding hydrogens is 436 g/mol. The van der Waals surface area contributed by atoms with Crippen molar-refractivity contribution < 1.29 is 4.79 Å². The monoisotopic (exact) mass is 468 g/mol. The van der Waals surface area contributed by atoms with Gasteiger partial charge in [-0.05, 0) is 62.1 Å². The van der Waals surface area contributed by atoms with E-state index >= 15 is 0 Å². The normalized spacial score (nSPS) is 11.9. The molecule has 0 saturated carbocycles. The quantitative estimate of drug-likeness (QED) is 0.379. The maximum absolute atomic E-state index is 13.8. The highest BCUT2D eigenvalue weighted by atomic mass is 16.2. The Labute approximate surface area is 206 Å². The Bertz CT molecular complexity index is 1400. The van der Waals surface area contributed by atoms with Gasteiger partial charge in [0.2, 0.25) is 0 Å². The number of benzene rings is 3. The van der Waals surface area contributed by atoms with Crippen LogP contribution in [0.5, 0.6) is 0 Å². The van der Waals surface area contributed by atoms with Crippen LogP contribution in [0.2, 0.25) is 0 Å². The van der Waals surface area contributed by atoms with Crippen molar-refractivity contribution in [2.45, 2.75) is 46.7 Å². The second kappa shape index (κ2) is 10.6. The first-order chi connectivity index (χ1) is 16.9. The topological polar surface area (TPSA) is 67.2 Å². The number of carbonyl (C=O) groups excluding carboxylic acids is 1. The minimum Gasteiger partial charge on any atom is -0.334 e. The van der Waals surface area contributed by atoms with Gasteiger partial charge in [0.1, 0.15) is 5.82 Å². The molecular formula is C29H32N4O2. The van der Waals surface area contributed by atoms with E-state index < -0.39 is 6.04 Å². The molecule has 1 aromatic heterocycles. The first-order valence-corrected chi connectivity index (χ1v) is 12.1. The Hall–Kier alpha value is -3.93. The number of amides is 2. The number of aromatic nitrogens is 2. The number of fused-ring (bicyclic) bond motifs is 1. The van der Waals surface area contributed by atoms with Crippen molar-refractivity contribution in [2.75, 3.05) is 6.54 Å². The van der Waals surface area contributed by atoms with Gasteiger partial charge in [0.15, 0.2) is 0 Å². The van der Waals surface area contributed by atoms with Gasteiger partial charge in [-0.1, -0.05) is 61.5 Å². The molecule has 180 valence electrons. The van der Waals surface area contributed by atoms with E-state index in [0.29, 0.717) is 29.8 Å². The average Bonchev–Trinajstić information content (AvgIpc) is 2.87. The van der Waals surface area contributed by atoms with Crippen LogP contribution < -0.4 is 10.9 Å². The minimum atomic E-state index is -0.428. The highest BCUT2D eigenvalue weighted by Crippen LogP contribution is 2.25. The van der Waals surface area contributed by atoms with Crippen molar-refractivity contribution in [1.29, 1.82) is 0 Å². The lowest BCUT2D eigenvalue weighted by molar-refractivity contribution is 0.175. The van der Waals surface area contributed by atoms with Gasteiger partial charge in [0.25, 0.3) is 5.56 Å². The fraction of sp³-hybridized carbons (Fsp3) is 0.276. The Morgan fingerprint density at radius 2 is 1.74 bits per heavy atom. The number of hydrogen-bond donors (Lipinski definition) is 1. The van der Waals surface area contributed by atoms with Crippen molar-refractivity contribution >= 4 is 16.9 Å². The number of hydrogen-bond acceptors (Lipinski definition) is 3. The third-order valence-corrected chi connectivity index (χ3v) is 6.26. The molecule has 4 aromatic rings. The largest absolute Gasteiger partial charge is 0.334 e. The molecule has 0 aliphatic rings. The molecule has 1 heterocycles. The summed E-state index contributed by atoms with van der Waals surface area (Å²) in [6, 6.07) is 22.6. The molecule has 0 saturated heterocycles. The molecule has 1 unspecified atom stereocenters. The van der Waals surface area contributed by atoms with Crippen LogP contribution in [0.15, 0.2) is 77.6 Å². The third-order valence-electron chi connectivity index (χ3n) is 6.26. The first kappa shape index (κ1) is 24.2. The van der Waals surface area contributed by atoms with E-state index in [0.717, 1.165) is 28.8 Å². The number of rotatable bonds is 7. The predicted octanol–water partition coefficient (Wildman–Crippen LogP) is 5.69. The Morgan fingerprint density at radius 3 is 2.49 bits per heavy atom. The average molecular weight is 469 g/mol. The molecule has 0 bridgehead atoms. The highest BCUT2D eigenvalue weighted by molar-refractivity contribution is 5.78. The van der Waals surface area contributed by atoms with Crippen LogP contribution >= 0.6 is 0 Å². The zero-order valence-electron chi connectivity index (χ0n) is 20.8.